The molecule has 1 saturated carbocycles. The normalized spacial score (nSPS) is 24.2. The first-order chi connectivity index (χ1) is 9.20. The summed E-state index contributed by atoms with van der Waals surface area (Å²) in [7, 11) is 0. The lowest BCUT2D eigenvalue weighted by molar-refractivity contribution is 0.0683. The molecule has 0 aromatic heterocycles. The Kier molecular flexibility index (Phi) is 6.11. The van der Waals surface area contributed by atoms with Gasteiger partial charge >= 0.3 is 0 Å². The van der Waals surface area contributed by atoms with Crippen molar-refractivity contribution in [2.75, 3.05) is 32.8 Å². The summed E-state index contributed by atoms with van der Waals surface area (Å²) in [6.45, 7) is 10.1. The molecule has 1 heterocycles. The van der Waals surface area contributed by atoms with Crippen molar-refractivity contribution in [3.63, 3.8) is 0 Å². The van der Waals surface area contributed by atoms with Gasteiger partial charge in [0.1, 0.15) is 0 Å². The maximum Gasteiger partial charge on any atom is 0.0518 e. The molecule has 1 spiro atoms. The highest BCUT2D eigenvalue weighted by Gasteiger charge is 2.35. The highest BCUT2D eigenvalue weighted by atomic mass is 16.5. The van der Waals surface area contributed by atoms with Crippen molar-refractivity contribution in [2.45, 2.75) is 70.4 Å². The summed E-state index contributed by atoms with van der Waals surface area (Å²) in [6, 6.07) is 0. The maximum atomic E-state index is 5.61. The van der Waals surface area contributed by atoms with Gasteiger partial charge in [0.25, 0.3) is 0 Å². The van der Waals surface area contributed by atoms with Gasteiger partial charge in [-0.25, -0.2) is 0 Å². The lowest BCUT2D eigenvalue weighted by Gasteiger charge is -2.46. The molecule has 1 N–H and O–H groups in total. The number of nitrogens with zero attached hydrogens (tertiary/aromatic N) is 1. The second kappa shape index (κ2) is 7.61. The Morgan fingerprint density at radius 3 is 2.68 bits per heavy atom. The number of rotatable bonds is 6. The SMILES string of the molecule is CC(C)OCCCCN1CCNC2(CCCCC2)C1. The molecule has 0 aromatic carbocycles. The third kappa shape index (κ3) is 5.05. The highest BCUT2D eigenvalue weighted by Crippen LogP contribution is 2.30. The van der Waals surface area contributed by atoms with Crippen molar-refractivity contribution in [1.82, 2.24) is 10.2 Å². The van der Waals surface area contributed by atoms with E-state index in [4.69, 9.17) is 4.74 Å². The number of unbranched alkanes of at least 4 members (excludes halogenated alkanes) is 1. The fourth-order valence-electron chi connectivity index (χ4n) is 3.55. The molecule has 3 heteroatoms. The number of hydrogen-bond donors (Lipinski definition) is 1. The highest BCUT2D eigenvalue weighted by molar-refractivity contribution is 4.96. The van der Waals surface area contributed by atoms with Crippen LogP contribution in [0.15, 0.2) is 0 Å². The van der Waals surface area contributed by atoms with Gasteiger partial charge in [0, 0.05) is 31.8 Å². The molecule has 0 unspecified atom stereocenters. The predicted molar refractivity (Wildman–Crippen MR) is 80.6 cm³/mol. The molecule has 112 valence electrons. The van der Waals surface area contributed by atoms with Gasteiger partial charge in [-0.05, 0) is 46.1 Å². The van der Waals surface area contributed by atoms with Gasteiger partial charge in [-0.2, -0.15) is 0 Å². The van der Waals surface area contributed by atoms with E-state index in [9.17, 15) is 0 Å². The van der Waals surface area contributed by atoms with E-state index in [0.717, 1.165) is 6.61 Å². The number of ether oxygens (including phenoxy) is 1. The Hall–Kier alpha value is -0.120. The monoisotopic (exact) mass is 268 g/mol. The second-order valence-electron chi connectivity index (χ2n) is 6.67. The fourth-order valence-corrected chi connectivity index (χ4v) is 3.55. The van der Waals surface area contributed by atoms with Crippen LogP contribution in [-0.2, 0) is 4.74 Å². The van der Waals surface area contributed by atoms with E-state index in [1.807, 2.05) is 0 Å². The topological polar surface area (TPSA) is 24.5 Å². The van der Waals surface area contributed by atoms with Crippen molar-refractivity contribution in [1.29, 1.82) is 0 Å². The molecule has 0 bridgehead atoms. The molecular weight excluding hydrogens is 236 g/mol. The summed E-state index contributed by atoms with van der Waals surface area (Å²) in [6.07, 6.45) is 9.92. The summed E-state index contributed by atoms with van der Waals surface area (Å²) in [5.74, 6) is 0. The Morgan fingerprint density at radius 2 is 1.95 bits per heavy atom. The zero-order valence-corrected chi connectivity index (χ0v) is 12.9. The zero-order chi connectivity index (χ0) is 13.6. The van der Waals surface area contributed by atoms with Crippen LogP contribution in [0.1, 0.15) is 58.8 Å². The van der Waals surface area contributed by atoms with Gasteiger partial charge in [-0.15, -0.1) is 0 Å². The minimum Gasteiger partial charge on any atom is -0.379 e. The van der Waals surface area contributed by atoms with E-state index in [-0.39, 0.29) is 0 Å². The van der Waals surface area contributed by atoms with E-state index in [1.165, 1.54) is 71.1 Å². The quantitative estimate of drug-likeness (QED) is 0.750. The fraction of sp³-hybridized carbons (Fsp3) is 1.00. The third-order valence-corrected chi connectivity index (χ3v) is 4.58. The van der Waals surface area contributed by atoms with Crippen LogP contribution in [0.2, 0.25) is 0 Å². The van der Waals surface area contributed by atoms with E-state index >= 15 is 0 Å². The van der Waals surface area contributed by atoms with E-state index in [1.54, 1.807) is 0 Å². The van der Waals surface area contributed by atoms with Crippen LogP contribution in [0.5, 0.6) is 0 Å². The van der Waals surface area contributed by atoms with Crippen molar-refractivity contribution in [3.8, 4) is 0 Å². The van der Waals surface area contributed by atoms with Gasteiger partial charge in [-0.1, -0.05) is 19.3 Å². The average molecular weight is 268 g/mol. The van der Waals surface area contributed by atoms with Gasteiger partial charge in [-0.3, -0.25) is 0 Å². The van der Waals surface area contributed by atoms with Crippen molar-refractivity contribution < 1.29 is 4.74 Å². The Morgan fingerprint density at radius 1 is 1.16 bits per heavy atom. The van der Waals surface area contributed by atoms with Crippen molar-refractivity contribution in [3.05, 3.63) is 0 Å². The Labute approximate surface area is 119 Å². The zero-order valence-electron chi connectivity index (χ0n) is 12.9. The predicted octanol–water partition coefficient (Wildman–Crippen LogP) is 2.80. The molecule has 0 radical (unpaired) electrons. The summed E-state index contributed by atoms with van der Waals surface area (Å²) in [5, 5.41) is 3.81. The van der Waals surface area contributed by atoms with Crippen LogP contribution in [0.3, 0.4) is 0 Å². The third-order valence-electron chi connectivity index (χ3n) is 4.58. The molecule has 19 heavy (non-hydrogen) atoms. The Bertz CT molecular complexity index is 244. The van der Waals surface area contributed by atoms with Crippen molar-refractivity contribution >= 4 is 0 Å². The first-order valence-electron chi connectivity index (χ1n) is 8.29. The number of hydrogen-bond acceptors (Lipinski definition) is 3. The van der Waals surface area contributed by atoms with Gasteiger partial charge < -0.3 is 15.0 Å². The molecule has 0 aromatic rings. The molecule has 1 saturated heterocycles. The summed E-state index contributed by atoms with van der Waals surface area (Å²) in [4.78, 5) is 2.68. The van der Waals surface area contributed by atoms with E-state index < -0.39 is 0 Å². The van der Waals surface area contributed by atoms with Crippen LogP contribution in [-0.4, -0.2) is 49.3 Å². The maximum absolute atomic E-state index is 5.61. The van der Waals surface area contributed by atoms with Crippen molar-refractivity contribution in [2.24, 2.45) is 0 Å². The van der Waals surface area contributed by atoms with Crippen LogP contribution in [0.4, 0.5) is 0 Å². The molecule has 2 aliphatic rings. The molecule has 2 rings (SSSR count). The lowest BCUT2D eigenvalue weighted by Crippen LogP contribution is -2.61. The smallest absolute Gasteiger partial charge is 0.0518 e. The first-order valence-corrected chi connectivity index (χ1v) is 8.29. The first kappa shape index (κ1) is 15.3. The molecule has 0 amide bonds. The van der Waals surface area contributed by atoms with E-state index in [2.05, 4.69) is 24.1 Å². The molecule has 0 atom stereocenters. The summed E-state index contributed by atoms with van der Waals surface area (Å²) in [5.41, 5.74) is 0.463. The van der Waals surface area contributed by atoms with Crippen LogP contribution in [0.25, 0.3) is 0 Å². The number of nitrogens with one attached hydrogen (secondary N) is 1. The standard InChI is InChI=1S/C16H32N2O/c1-15(2)19-13-7-6-11-18-12-10-17-16(14-18)8-4-3-5-9-16/h15,17H,3-14H2,1-2H3. The van der Waals surface area contributed by atoms with Gasteiger partial charge in [0.05, 0.1) is 6.10 Å². The minimum atomic E-state index is 0.379. The summed E-state index contributed by atoms with van der Waals surface area (Å²) >= 11 is 0. The van der Waals surface area contributed by atoms with Crippen LogP contribution in [0, 0.1) is 0 Å². The number of piperazine rings is 1. The second-order valence-corrected chi connectivity index (χ2v) is 6.67. The van der Waals surface area contributed by atoms with Gasteiger partial charge in [0.2, 0.25) is 0 Å². The van der Waals surface area contributed by atoms with Gasteiger partial charge in [0.15, 0.2) is 0 Å². The largest absolute Gasteiger partial charge is 0.379 e. The average Bonchev–Trinajstić information content (AvgIpc) is 2.39. The van der Waals surface area contributed by atoms with Crippen LogP contribution < -0.4 is 5.32 Å². The lowest BCUT2D eigenvalue weighted by atomic mass is 9.80. The van der Waals surface area contributed by atoms with E-state index in [0.29, 0.717) is 11.6 Å². The Balaban J connectivity index is 1.64. The molecular formula is C16H32N2O. The molecule has 1 aliphatic carbocycles. The molecule has 1 aliphatic heterocycles. The molecule has 3 nitrogen and oxygen atoms in total. The minimum absolute atomic E-state index is 0.379. The molecule has 2 fully saturated rings. The summed E-state index contributed by atoms with van der Waals surface area (Å²) < 4.78 is 5.61. The van der Waals surface area contributed by atoms with Crippen LogP contribution >= 0.6 is 0 Å².